The van der Waals surface area contributed by atoms with E-state index < -0.39 is 45.8 Å². The molecule has 0 radical (unpaired) electrons. The summed E-state index contributed by atoms with van der Waals surface area (Å²) in [5.41, 5.74) is 0.306. The van der Waals surface area contributed by atoms with Crippen molar-refractivity contribution in [2.45, 2.75) is 50.2 Å². The Hall–Kier alpha value is -3.92. The van der Waals surface area contributed by atoms with Gasteiger partial charge in [0.1, 0.15) is 18.4 Å². The van der Waals surface area contributed by atoms with Crippen LogP contribution in [0.3, 0.4) is 0 Å². The molecule has 0 aliphatic heterocycles. The Bertz CT molecular complexity index is 1750. The van der Waals surface area contributed by atoms with E-state index >= 15 is 4.39 Å². The predicted octanol–water partition coefficient (Wildman–Crippen LogP) is 6.88. The molecule has 4 aromatic rings. The molecule has 236 valence electrons. The number of sulfonamides is 1. The summed E-state index contributed by atoms with van der Waals surface area (Å²) in [5, 5.41) is 3.60. The fraction of sp³-hybridized carbons (Fsp3) is 0.235. The molecule has 0 saturated carbocycles. The third-order valence-corrected chi connectivity index (χ3v) is 9.22. The number of benzene rings is 4. The van der Waals surface area contributed by atoms with Crippen LogP contribution in [-0.2, 0) is 32.6 Å². The number of amides is 2. The Morgan fingerprint density at radius 1 is 0.867 bits per heavy atom. The molecule has 11 heteroatoms. The van der Waals surface area contributed by atoms with E-state index in [9.17, 15) is 18.0 Å². The number of hydrogen-bond acceptors (Lipinski definition) is 4. The number of nitrogens with one attached hydrogen (secondary N) is 1. The average Bonchev–Trinajstić information content (AvgIpc) is 2.99. The summed E-state index contributed by atoms with van der Waals surface area (Å²) in [7, 11) is -4.42. The second-order valence-corrected chi connectivity index (χ2v) is 14.2. The molecule has 2 amide bonds. The molecule has 4 rings (SSSR count). The van der Waals surface area contributed by atoms with Crippen molar-refractivity contribution in [2.24, 2.45) is 0 Å². The summed E-state index contributed by atoms with van der Waals surface area (Å²) in [6.07, 6.45) is 0.116. The van der Waals surface area contributed by atoms with Gasteiger partial charge in [-0.2, -0.15) is 0 Å². The second-order valence-electron chi connectivity index (χ2n) is 11.5. The third kappa shape index (κ3) is 8.84. The van der Waals surface area contributed by atoms with Crippen LogP contribution >= 0.6 is 23.2 Å². The number of anilines is 1. The highest BCUT2D eigenvalue weighted by Gasteiger charge is 2.36. The molecule has 0 saturated heterocycles. The molecule has 0 aromatic heterocycles. The van der Waals surface area contributed by atoms with Crippen LogP contribution in [0.2, 0.25) is 10.0 Å². The van der Waals surface area contributed by atoms with Gasteiger partial charge in [-0.05, 0) is 68.3 Å². The first-order chi connectivity index (χ1) is 21.3. The van der Waals surface area contributed by atoms with E-state index in [-0.39, 0.29) is 28.6 Å². The van der Waals surface area contributed by atoms with Crippen LogP contribution in [0.1, 0.15) is 31.9 Å². The van der Waals surface area contributed by atoms with E-state index in [0.29, 0.717) is 10.6 Å². The van der Waals surface area contributed by atoms with Gasteiger partial charge in [0.05, 0.1) is 10.6 Å². The fourth-order valence-corrected chi connectivity index (χ4v) is 6.64. The minimum absolute atomic E-state index is 0.116. The number of carbonyl (C=O) groups is 2. The second kappa shape index (κ2) is 14.5. The first-order valence-corrected chi connectivity index (χ1v) is 16.4. The first-order valence-electron chi connectivity index (χ1n) is 14.2. The van der Waals surface area contributed by atoms with E-state index in [2.05, 4.69) is 5.32 Å². The zero-order chi connectivity index (χ0) is 32.8. The molecule has 0 bridgehead atoms. The predicted molar refractivity (Wildman–Crippen MR) is 176 cm³/mol. The van der Waals surface area contributed by atoms with Gasteiger partial charge in [-0.25, -0.2) is 12.8 Å². The van der Waals surface area contributed by atoms with Crippen LogP contribution < -0.4 is 9.62 Å². The lowest BCUT2D eigenvalue weighted by atomic mass is 10.0. The van der Waals surface area contributed by atoms with E-state index in [1.807, 2.05) is 51.1 Å². The molecule has 0 fully saturated rings. The van der Waals surface area contributed by atoms with Crippen molar-refractivity contribution in [3.8, 4) is 0 Å². The number of hydrogen-bond donors (Lipinski definition) is 1. The maximum absolute atomic E-state index is 15.2. The van der Waals surface area contributed by atoms with Gasteiger partial charge in [-0.3, -0.25) is 13.9 Å². The Morgan fingerprint density at radius 3 is 2.07 bits per heavy atom. The van der Waals surface area contributed by atoms with Crippen molar-refractivity contribution in [1.82, 2.24) is 10.2 Å². The van der Waals surface area contributed by atoms with Gasteiger partial charge in [-0.15, -0.1) is 0 Å². The van der Waals surface area contributed by atoms with Gasteiger partial charge in [0.25, 0.3) is 10.0 Å². The highest BCUT2D eigenvalue weighted by atomic mass is 35.5. The Kier molecular flexibility index (Phi) is 10.9. The maximum Gasteiger partial charge on any atom is 0.264 e. The summed E-state index contributed by atoms with van der Waals surface area (Å²) in [5.74, 6) is -2.02. The van der Waals surface area contributed by atoms with Gasteiger partial charge >= 0.3 is 0 Å². The molecule has 4 aromatic carbocycles. The van der Waals surface area contributed by atoms with Crippen molar-refractivity contribution < 1.29 is 22.4 Å². The number of carbonyl (C=O) groups excluding carboxylic acids is 2. The summed E-state index contributed by atoms with van der Waals surface area (Å²) < 4.78 is 43.8. The molecule has 0 heterocycles. The molecular formula is C34H34Cl2FN3O4S. The summed E-state index contributed by atoms with van der Waals surface area (Å²) in [6.45, 7) is 4.51. The molecule has 45 heavy (non-hydrogen) atoms. The third-order valence-electron chi connectivity index (χ3n) is 6.86. The van der Waals surface area contributed by atoms with Crippen LogP contribution in [0.5, 0.6) is 0 Å². The first kappa shape index (κ1) is 34.0. The molecule has 0 aliphatic carbocycles. The van der Waals surface area contributed by atoms with Crippen molar-refractivity contribution in [1.29, 1.82) is 0 Å². The molecule has 0 spiro atoms. The van der Waals surface area contributed by atoms with Crippen LogP contribution in [0, 0.1) is 5.82 Å². The number of halogens is 3. The quantitative estimate of drug-likeness (QED) is 0.189. The molecule has 1 atom stereocenters. The molecular weight excluding hydrogens is 636 g/mol. The number of rotatable bonds is 11. The van der Waals surface area contributed by atoms with Crippen molar-refractivity contribution in [3.63, 3.8) is 0 Å². The minimum Gasteiger partial charge on any atom is -0.350 e. The fourth-order valence-electron chi connectivity index (χ4n) is 4.73. The number of para-hydroxylation sites is 1. The topological polar surface area (TPSA) is 86.8 Å². The maximum atomic E-state index is 15.2. The Balaban J connectivity index is 1.84. The van der Waals surface area contributed by atoms with Crippen molar-refractivity contribution in [3.05, 3.63) is 130 Å². The smallest absolute Gasteiger partial charge is 0.264 e. The lowest BCUT2D eigenvalue weighted by molar-refractivity contribution is -0.140. The van der Waals surface area contributed by atoms with E-state index in [4.69, 9.17) is 23.2 Å². The highest BCUT2D eigenvalue weighted by molar-refractivity contribution is 7.92. The zero-order valence-corrected chi connectivity index (χ0v) is 27.4. The lowest BCUT2D eigenvalue weighted by Crippen LogP contribution is -2.56. The lowest BCUT2D eigenvalue weighted by Gasteiger charge is -2.35. The van der Waals surface area contributed by atoms with Crippen LogP contribution in [-0.4, -0.2) is 43.3 Å². The van der Waals surface area contributed by atoms with Gasteiger partial charge in [-0.1, -0.05) is 89.9 Å². The van der Waals surface area contributed by atoms with E-state index in [0.717, 1.165) is 15.9 Å². The Morgan fingerprint density at radius 2 is 1.47 bits per heavy atom. The van der Waals surface area contributed by atoms with Crippen LogP contribution in [0.4, 0.5) is 10.1 Å². The van der Waals surface area contributed by atoms with E-state index in [1.54, 1.807) is 18.2 Å². The largest absolute Gasteiger partial charge is 0.350 e. The van der Waals surface area contributed by atoms with Crippen molar-refractivity contribution >= 4 is 50.7 Å². The average molecular weight is 671 g/mol. The van der Waals surface area contributed by atoms with Crippen LogP contribution in [0.15, 0.2) is 108 Å². The molecule has 7 nitrogen and oxygen atoms in total. The minimum atomic E-state index is -4.42. The van der Waals surface area contributed by atoms with E-state index in [1.165, 1.54) is 53.4 Å². The van der Waals surface area contributed by atoms with Gasteiger partial charge < -0.3 is 10.2 Å². The van der Waals surface area contributed by atoms with Gasteiger partial charge in [0, 0.05) is 28.5 Å². The van der Waals surface area contributed by atoms with Crippen LogP contribution in [0.25, 0.3) is 0 Å². The number of nitrogens with zero attached hydrogens (tertiary/aromatic N) is 2. The standard InChI is InChI=1S/C34H34Cl2FN3O4S/c1-34(2,3)38-33(42)31(20-24-12-6-4-7-13-24)39(22-25-18-19-26(35)21-28(25)36)32(41)23-40(30-17-11-10-16-29(30)37)45(43,44)27-14-8-5-9-15-27/h4-19,21,31H,20,22-23H2,1-3H3,(H,38,42)/t31-/m0/s1. The monoisotopic (exact) mass is 669 g/mol. The zero-order valence-electron chi connectivity index (χ0n) is 25.1. The SMILES string of the molecule is CC(C)(C)NC(=O)[C@H](Cc1ccccc1)N(Cc1ccc(Cl)cc1Cl)C(=O)CN(c1ccccc1F)S(=O)(=O)c1ccccc1. The summed E-state index contributed by atoms with van der Waals surface area (Å²) in [6, 6.07) is 25.6. The van der Waals surface area contributed by atoms with Gasteiger partial charge in [0.15, 0.2) is 0 Å². The molecule has 0 aliphatic rings. The molecule has 0 unspecified atom stereocenters. The Labute approximate surface area is 273 Å². The highest BCUT2D eigenvalue weighted by Crippen LogP contribution is 2.28. The normalized spacial score (nSPS) is 12.3. The summed E-state index contributed by atoms with van der Waals surface area (Å²) in [4.78, 5) is 29.5. The van der Waals surface area contributed by atoms with Gasteiger partial charge in [0.2, 0.25) is 11.8 Å². The van der Waals surface area contributed by atoms with Crippen molar-refractivity contribution in [2.75, 3.05) is 10.8 Å². The summed E-state index contributed by atoms with van der Waals surface area (Å²) >= 11 is 12.7. The molecule has 1 N–H and O–H groups in total.